The molecule has 0 aromatic heterocycles. The Morgan fingerprint density at radius 3 is 0.703 bits per heavy atom. The normalized spacial score (nSPS) is 12.6. The van der Waals surface area contributed by atoms with E-state index in [-0.39, 0.29) is 12.5 Å². The number of aliphatic hydroxyl groups excluding tert-OH is 2. The molecule has 0 radical (unpaired) electrons. The Labute approximate surface area is 404 Å². The number of carbonyl (C=O) groups excluding carboxylic acids is 1. The largest absolute Gasteiger partial charge is 0.394 e. The average molecular weight is 905 g/mol. The van der Waals surface area contributed by atoms with Gasteiger partial charge in [-0.05, 0) is 12.8 Å². The second-order valence-electron chi connectivity index (χ2n) is 21.1. The Kier molecular flexibility index (Phi) is 56.2. The molecule has 4 heteroatoms. The second kappa shape index (κ2) is 56.7. The minimum absolute atomic E-state index is 0.0220. The number of nitrogens with one attached hydrogen (secondary N) is 1. The van der Waals surface area contributed by atoms with Crippen LogP contribution in [0.15, 0.2) is 0 Å². The molecule has 0 rings (SSSR count). The lowest BCUT2D eigenvalue weighted by Crippen LogP contribution is -2.45. The van der Waals surface area contributed by atoms with Crippen LogP contribution in [0.3, 0.4) is 0 Å². The van der Waals surface area contributed by atoms with Crippen LogP contribution in [-0.4, -0.2) is 34.9 Å². The zero-order valence-electron chi connectivity index (χ0n) is 44.3. The predicted octanol–water partition coefficient (Wildman–Crippen LogP) is 19.9. The van der Waals surface area contributed by atoms with Crippen LogP contribution in [0.25, 0.3) is 0 Å². The van der Waals surface area contributed by atoms with Crippen molar-refractivity contribution in [2.24, 2.45) is 0 Å². The van der Waals surface area contributed by atoms with Gasteiger partial charge < -0.3 is 15.5 Å². The molecule has 0 fully saturated rings. The molecule has 2 unspecified atom stereocenters. The summed E-state index contributed by atoms with van der Waals surface area (Å²) in [7, 11) is 0. The van der Waals surface area contributed by atoms with Gasteiger partial charge in [0.25, 0.3) is 0 Å². The van der Waals surface area contributed by atoms with E-state index < -0.39 is 12.1 Å². The third-order valence-electron chi connectivity index (χ3n) is 14.6. The summed E-state index contributed by atoms with van der Waals surface area (Å²) in [6, 6.07) is -0.531. The molecule has 0 aromatic rings. The van der Waals surface area contributed by atoms with E-state index in [9.17, 15) is 15.0 Å². The zero-order valence-corrected chi connectivity index (χ0v) is 44.3. The molecule has 0 heterocycles. The predicted molar refractivity (Wildman–Crippen MR) is 286 cm³/mol. The van der Waals surface area contributed by atoms with Crippen molar-refractivity contribution in [2.75, 3.05) is 6.61 Å². The molecule has 0 aromatic carbocycles. The van der Waals surface area contributed by atoms with Gasteiger partial charge in [-0.3, -0.25) is 4.79 Å². The van der Waals surface area contributed by atoms with Crippen LogP contribution in [0, 0.1) is 0 Å². The summed E-state index contributed by atoms with van der Waals surface area (Å²) in [6.45, 7) is 4.41. The Hall–Kier alpha value is -0.610. The molecule has 64 heavy (non-hydrogen) atoms. The fourth-order valence-electron chi connectivity index (χ4n) is 10.0. The standard InChI is InChI=1S/C60H121NO3/c1-3-5-7-9-11-13-15-17-19-21-23-24-25-26-27-28-29-30-31-32-33-34-35-36-38-39-41-43-45-47-49-51-53-55-59(63)58(57-62)61-60(64)56-54-52-50-48-46-44-42-40-37-22-20-18-16-14-12-10-8-6-4-2/h58-59,62-63H,3-57H2,1-2H3,(H,61,64). The lowest BCUT2D eigenvalue weighted by atomic mass is 10.0. The number of unbranched alkanes of at least 4 members (excludes halogenated alkanes) is 50. The number of hydrogen-bond donors (Lipinski definition) is 3. The van der Waals surface area contributed by atoms with Gasteiger partial charge in [-0.2, -0.15) is 0 Å². The van der Waals surface area contributed by atoms with Crippen molar-refractivity contribution in [3.8, 4) is 0 Å². The van der Waals surface area contributed by atoms with Crippen molar-refractivity contribution in [1.82, 2.24) is 5.32 Å². The smallest absolute Gasteiger partial charge is 0.220 e. The number of amides is 1. The molecule has 0 saturated heterocycles. The molecular formula is C60H121NO3. The monoisotopic (exact) mass is 904 g/mol. The molecular weight excluding hydrogens is 783 g/mol. The number of rotatable bonds is 57. The van der Waals surface area contributed by atoms with E-state index in [1.165, 1.54) is 308 Å². The third-order valence-corrected chi connectivity index (χ3v) is 14.6. The van der Waals surface area contributed by atoms with Gasteiger partial charge in [0.2, 0.25) is 5.91 Å². The average Bonchev–Trinajstić information content (AvgIpc) is 3.30. The summed E-state index contributed by atoms with van der Waals surface area (Å²) >= 11 is 0. The molecule has 3 N–H and O–H groups in total. The van der Waals surface area contributed by atoms with Gasteiger partial charge in [0, 0.05) is 6.42 Å². The number of carbonyl (C=O) groups is 1. The Balaban J connectivity index is 3.36. The molecule has 0 aliphatic rings. The van der Waals surface area contributed by atoms with Gasteiger partial charge in [-0.1, -0.05) is 341 Å². The lowest BCUT2D eigenvalue weighted by Gasteiger charge is -2.22. The highest BCUT2D eigenvalue weighted by Gasteiger charge is 2.20. The van der Waals surface area contributed by atoms with Crippen LogP contribution in [0.5, 0.6) is 0 Å². The third kappa shape index (κ3) is 52.4. The molecule has 0 saturated carbocycles. The maximum atomic E-state index is 12.5. The lowest BCUT2D eigenvalue weighted by molar-refractivity contribution is -0.123. The van der Waals surface area contributed by atoms with Crippen LogP contribution in [-0.2, 0) is 4.79 Å². The summed E-state index contributed by atoms with van der Waals surface area (Å²) < 4.78 is 0. The first kappa shape index (κ1) is 63.4. The first-order chi connectivity index (χ1) is 31.7. The SMILES string of the molecule is CCCCCCCCCCCCCCCCCCCCCCCCCCCCCCCCCCCC(O)C(CO)NC(=O)CCCCCCCCCCCCCCCCCCCCC. The second-order valence-corrected chi connectivity index (χ2v) is 21.1. The van der Waals surface area contributed by atoms with Gasteiger partial charge in [-0.15, -0.1) is 0 Å². The van der Waals surface area contributed by atoms with Crippen LogP contribution in [0.2, 0.25) is 0 Å². The molecule has 0 aliphatic heterocycles. The Morgan fingerprint density at radius 2 is 0.500 bits per heavy atom. The van der Waals surface area contributed by atoms with Crippen LogP contribution < -0.4 is 5.32 Å². The topological polar surface area (TPSA) is 69.6 Å². The molecule has 2 atom stereocenters. The first-order valence-electron chi connectivity index (χ1n) is 30.2. The van der Waals surface area contributed by atoms with E-state index in [1.807, 2.05) is 0 Å². The molecule has 384 valence electrons. The van der Waals surface area contributed by atoms with Crippen molar-refractivity contribution < 1.29 is 15.0 Å². The van der Waals surface area contributed by atoms with Crippen molar-refractivity contribution in [3.63, 3.8) is 0 Å². The fourth-order valence-corrected chi connectivity index (χ4v) is 10.0. The van der Waals surface area contributed by atoms with Crippen molar-refractivity contribution in [3.05, 3.63) is 0 Å². The highest BCUT2D eigenvalue weighted by molar-refractivity contribution is 5.76. The summed E-state index contributed by atoms with van der Waals surface area (Å²) in [4.78, 5) is 12.5. The zero-order chi connectivity index (χ0) is 46.3. The van der Waals surface area contributed by atoms with Gasteiger partial charge >= 0.3 is 0 Å². The van der Waals surface area contributed by atoms with Crippen molar-refractivity contribution in [2.45, 2.75) is 373 Å². The van der Waals surface area contributed by atoms with E-state index in [1.54, 1.807) is 0 Å². The maximum Gasteiger partial charge on any atom is 0.220 e. The molecule has 1 amide bonds. The van der Waals surface area contributed by atoms with Gasteiger partial charge in [0.1, 0.15) is 0 Å². The van der Waals surface area contributed by atoms with Gasteiger partial charge in [-0.25, -0.2) is 0 Å². The maximum absolute atomic E-state index is 12.5. The minimum Gasteiger partial charge on any atom is -0.394 e. The van der Waals surface area contributed by atoms with Gasteiger partial charge in [0.05, 0.1) is 18.8 Å². The molecule has 0 bridgehead atoms. The van der Waals surface area contributed by atoms with Crippen LogP contribution in [0.1, 0.15) is 361 Å². The first-order valence-corrected chi connectivity index (χ1v) is 30.2. The molecule has 0 aliphatic carbocycles. The summed E-state index contributed by atoms with van der Waals surface area (Å²) in [5, 5.41) is 23.4. The Bertz CT molecular complexity index is 849. The Morgan fingerprint density at radius 1 is 0.312 bits per heavy atom. The summed E-state index contributed by atoms with van der Waals surface area (Å²) in [5.74, 6) is -0.0220. The van der Waals surface area contributed by atoms with Crippen molar-refractivity contribution >= 4 is 5.91 Å². The van der Waals surface area contributed by atoms with Crippen LogP contribution >= 0.6 is 0 Å². The van der Waals surface area contributed by atoms with E-state index in [2.05, 4.69) is 19.2 Å². The number of aliphatic hydroxyl groups is 2. The summed E-state index contributed by atoms with van der Waals surface area (Å²) in [6.07, 6.45) is 72.6. The van der Waals surface area contributed by atoms with Crippen molar-refractivity contribution in [1.29, 1.82) is 0 Å². The quantitative estimate of drug-likeness (QED) is 0.0533. The van der Waals surface area contributed by atoms with E-state index in [0.717, 1.165) is 25.7 Å². The van der Waals surface area contributed by atoms with E-state index >= 15 is 0 Å². The summed E-state index contributed by atoms with van der Waals surface area (Å²) in [5.41, 5.74) is 0. The van der Waals surface area contributed by atoms with Gasteiger partial charge in [0.15, 0.2) is 0 Å². The highest BCUT2D eigenvalue weighted by Crippen LogP contribution is 2.19. The highest BCUT2D eigenvalue weighted by atomic mass is 16.3. The van der Waals surface area contributed by atoms with E-state index in [4.69, 9.17) is 0 Å². The molecule has 4 nitrogen and oxygen atoms in total. The number of hydrogen-bond acceptors (Lipinski definition) is 3. The fraction of sp³-hybridized carbons (Fsp3) is 0.983. The molecule has 0 spiro atoms. The van der Waals surface area contributed by atoms with E-state index in [0.29, 0.717) is 12.8 Å². The minimum atomic E-state index is -0.655. The van der Waals surface area contributed by atoms with Crippen LogP contribution in [0.4, 0.5) is 0 Å².